The van der Waals surface area contributed by atoms with Crippen molar-refractivity contribution < 1.29 is 0 Å². The first-order valence-corrected chi connectivity index (χ1v) is 6.88. The van der Waals surface area contributed by atoms with Gasteiger partial charge in [0.1, 0.15) is 0 Å². The van der Waals surface area contributed by atoms with E-state index in [1.54, 1.807) is 0 Å². The molecule has 0 saturated carbocycles. The fraction of sp³-hybridized carbons (Fsp3) is 0.158. The first-order chi connectivity index (χ1) is 10.2. The maximum atomic E-state index is 9.74. The third-order valence-electron chi connectivity index (χ3n) is 4.09. The molecule has 0 heterocycles. The van der Waals surface area contributed by atoms with Crippen LogP contribution in [0.3, 0.4) is 0 Å². The van der Waals surface area contributed by atoms with E-state index in [2.05, 4.69) is 12.1 Å². The Labute approximate surface area is 124 Å². The standard InChI is InChI=1S/C19H14N2/c1-14-7-9-15(10-8-14)18-11-16-5-3-2-4-6-17(16)19(18,12-20)13-21/h2-11,17H,1H3/t17-/m0/s1. The molecule has 0 spiro atoms. The van der Waals surface area contributed by atoms with Gasteiger partial charge < -0.3 is 0 Å². The van der Waals surface area contributed by atoms with Crippen LogP contribution in [0.4, 0.5) is 0 Å². The molecule has 0 bridgehead atoms. The molecule has 2 aliphatic rings. The van der Waals surface area contributed by atoms with E-state index in [9.17, 15) is 10.5 Å². The minimum absolute atomic E-state index is 0.209. The summed E-state index contributed by atoms with van der Waals surface area (Å²) in [5, 5.41) is 19.5. The molecule has 3 rings (SSSR count). The molecule has 0 radical (unpaired) electrons. The van der Waals surface area contributed by atoms with Gasteiger partial charge in [0.15, 0.2) is 5.41 Å². The highest BCUT2D eigenvalue weighted by Crippen LogP contribution is 2.51. The average molecular weight is 270 g/mol. The Morgan fingerprint density at radius 1 is 1.00 bits per heavy atom. The lowest BCUT2D eigenvalue weighted by Crippen LogP contribution is -2.24. The molecule has 0 aliphatic heterocycles. The third-order valence-corrected chi connectivity index (χ3v) is 4.09. The van der Waals surface area contributed by atoms with E-state index >= 15 is 0 Å². The minimum atomic E-state index is -1.15. The number of aryl methyl sites for hydroxylation is 1. The number of fused-ring (bicyclic) bond motifs is 1. The minimum Gasteiger partial charge on any atom is -0.196 e. The van der Waals surface area contributed by atoms with Gasteiger partial charge in [-0.1, -0.05) is 66.3 Å². The Hall–Kier alpha value is -2.84. The summed E-state index contributed by atoms with van der Waals surface area (Å²) in [5.74, 6) is -0.209. The molecule has 1 atom stereocenters. The highest BCUT2D eigenvalue weighted by molar-refractivity contribution is 5.83. The van der Waals surface area contributed by atoms with E-state index in [0.717, 1.165) is 22.3 Å². The number of allylic oxidation sites excluding steroid dienone is 8. The quantitative estimate of drug-likeness (QED) is 0.771. The largest absolute Gasteiger partial charge is 0.196 e. The molecule has 1 aromatic rings. The topological polar surface area (TPSA) is 47.6 Å². The monoisotopic (exact) mass is 270 g/mol. The highest BCUT2D eigenvalue weighted by Gasteiger charge is 2.48. The fourth-order valence-electron chi connectivity index (χ4n) is 2.93. The number of rotatable bonds is 1. The van der Waals surface area contributed by atoms with Crippen LogP contribution in [0.2, 0.25) is 0 Å². The van der Waals surface area contributed by atoms with Crippen LogP contribution < -0.4 is 0 Å². The van der Waals surface area contributed by atoms with Crippen molar-refractivity contribution in [2.45, 2.75) is 6.92 Å². The predicted octanol–water partition coefficient (Wildman–Crippen LogP) is 4.09. The second-order valence-electron chi connectivity index (χ2n) is 5.37. The average Bonchev–Trinajstić information content (AvgIpc) is 2.65. The zero-order valence-electron chi connectivity index (χ0n) is 11.7. The van der Waals surface area contributed by atoms with E-state index < -0.39 is 5.41 Å². The second-order valence-corrected chi connectivity index (χ2v) is 5.37. The summed E-state index contributed by atoms with van der Waals surface area (Å²) >= 11 is 0. The first kappa shape index (κ1) is 13.2. The smallest absolute Gasteiger partial charge is 0.179 e. The van der Waals surface area contributed by atoms with E-state index in [1.165, 1.54) is 0 Å². The van der Waals surface area contributed by atoms with E-state index in [4.69, 9.17) is 0 Å². The Bertz CT molecular complexity index is 760. The number of hydrogen-bond donors (Lipinski definition) is 0. The molecule has 1 aromatic carbocycles. The van der Waals surface area contributed by atoms with Crippen molar-refractivity contribution in [1.82, 2.24) is 0 Å². The van der Waals surface area contributed by atoms with Crippen molar-refractivity contribution in [3.05, 3.63) is 77.4 Å². The Balaban J connectivity index is 2.21. The van der Waals surface area contributed by atoms with Gasteiger partial charge in [-0.2, -0.15) is 10.5 Å². The molecule has 21 heavy (non-hydrogen) atoms. The maximum Gasteiger partial charge on any atom is 0.179 e. The SMILES string of the molecule is Cc1ccc(C2=CC3=CC=CC=C[C@@H]3C2(C#N)C#N)cc1. The molecule has 100 valence electrons. The van der Waals surface area contributed by atoms with Gasteiger partial charge in [0.2, 0.25) is 0 Å². The van der Waals surface area contributed by atoms with Crippen molar-refractivity contribution in [3.63, 3.8) is 0 Å². The Morgan fingerprint density at radius 2 is 1.71 bits per heavy atom. The van der Waals surface area contributed by atoms with Gasteiger partial charge in [-0.3, -0.25) is 0 Å². The molecule has 0 aromatic heterocycles. The van der Waals surface area contributed by atoms with Crippen LogP contribution in [0, 0.1) is 40.9 Å². The number of nitrogens with zero attached hydrogens (tertiary/aromatic N) is 2. The summed E-state index contributed by atoms with van der Waals surface area (Å²) in [6.07, 6.45) is 11.7. The van der Waals surface area contributed by atoms with Crippen molar-refractivity contribution in [2.75, 3.05) is 0 Å². The van der Waals surface area contributed by atoms with Gasteiger partial charge in [-0.15, -0.1) is 0 Å². The van der Waals surface area contributed by atoms with Gasteiger partial charge in [0, 0.05) is 5.92 Å². The van der Waals surface area contributed by atoms with Crippen LogP contribution in [-0.2, 0) is 0 Å². The molecule has 0 fully saturated rings. The van der Waals surface area contributed by atoms with Gasteiger partial charge in [0.05, 0.1) is 12.1 Å². The van der Waals surface area contributed by atoms with Crippen LogP contribution in [-0.4, -0.2) is 0 Å². The summed E-state index contributed by atoms with van der Waals surface area (Å²) in [6.45, 7) is 2.02. The van der Waals surface area contributed by atoms with Crippen LogP contribution in [0.1, 0.15) is 11.1 Å². The normalized spacial score (nSPS) is 21.6. The molecular formula is C19H14N2. The van der Waals surface area contributed by atoms with Crippen LogP contribution in [0.5, 0.6) is 0 Å². The van der Waals surface area contributed by atoms with Crippen LogP contribution >= 0.6 is 0 Å². The first-order valence-electron chi connectivity index (χ1n) is 6.88. The van der Waals surface area contributed by atoms with Crippen molar-refractivity contribution in [1.29, 1.82) is 10.5 Å². The van der Waals surface area contributed by atoms with E-state index in [1.807, 2.05) is 67.6 Å². The lowest BCUT2D eigenvalue weighted by molar-refractivity contribution is 0.578. The molecule has 2 nitrogen and oxygen atoms in total. The molecule has 0 N–H and O–H groups in total. The molecule has 2 aliphatic carbocycles. The van der Waals surface area contributed by atoms with E-state index in [0.29, 0.717) is 0 Å². The molecule has 2 heteroatoms. The summed E-state index contributed by atoms with van der Waals surface area (Å²) in [4.78, 5) is 0. The highest BCUT2D eigenvalue weighted by atomic mass is 14.5. The predicted molar refractivity (Wildman–Crippen MR) is 82.7 cm³/mol. The lowest BCUT2D eigenvalue weighted by atomic mass is 9.73. The lowest BCUT2D eigenvalue weighted by Gasteiger charge is -2.23. The molecule has 0 amide bonds. The van der Waals surface area contributed by atoms with Crippen molar-refractivity contribution in [2.24, 2.45) is 11.3 Å². The zero-order valence-corrected chi connectivity index (χ0v) is 11.7. The van der Waals surface area contributed by atoms with Crippen molar-refractivity contribution >= 4 is 5.57 Å². The van der Waals surface area contributed by atoms with Crippen LogP contribution in [0.25, 0.3) is 5.57 Å². The Kier molecular flexibility index (Phi) is 3.09. The number of benzene rings is 1. The van der Waals surface area contributed by atoms with Gasteiger partial charge in [-0.25, -0.2) is 0 Å². The second kappa shape index (κ2) is 4.93. The molecule has 0 saturated heterocycles. The third kappa shape index (κ3) is 1.93. The number of nitriles is 2. The summed E-state index contributed by atoms with van der Waals surface area (Å²) in [6, 6.07) is 12.5. The number of hydrogen-bond acceptors (Lipinski definition) is 2. The van der Waals surface area contributed by atoms with Gasteiger partial charge in [-0.05, 0) is 23.6 Å². The van der Waals surface area contributed by atoms with Gasteiger partial charge >= 0.3 is 0 Å². The van der Waals surface area contributed by atoms with Crippen molar-refractivity contribution in [3.8, 4) is 12.1 Å². The van der Waals surface area contributed by atoms with E-state index in [-0.39, 0.29) is 5.92 Å². The summed E-state index contributed by atoms with van der Waals surface area (Å²) in [5.41, 5.74) is 2.76. The maximum absolute atomic E-state index is 9.74. The molecular weight excluding hydrogens is 256 g/mol. The van der Waals surface area contributed by atoms with Gasteiger partial charge in [0.25, 0.3) is 0 Å². The molecule has 0 unspecified atom stereocenters. The fourth-order valence-corrected chi connectivity index (χ4v) is 2.93. The zero-order chi connectivity index (χ0) is 14.9. The summed E-state index contributed by atoms with van der Waals surface area (Å²) in [7, 11) is 0. The Morgan fingerprint density at radius 3 is 2.38 bits per heavy atom. The summed E-state index contributed by atoms with van der Waals surface area (Å²) < 4.78 is 0. The van der Waals surface area contributed by atoms with Crippen LogP contribution in [0.15, 0.2) is 66.3 Å².